The summed E-state index contributed by atoms with van der Waals surface area (Å²) in [7, 11) is 0. The molecule has 0 heterocycles. The molecule has 0 rings (SSSR count). The van der Waals surface area contributed by atoms with Gasteiger partial charge in [-0.1, -0.05) is 24.8 Å². The fraction of sp³-hybridized carbons (Fsp3) is 0.200. The highest BCUT2D eigenvalue weighted by Crippen LogP contribution is 2.10. The molecule has 4 heteroatoms. The normalized spacial score (nSPS) is 11.5. The standard InChI is InChI=1S/C13H17NO3.C2H2/c1-3-5-7-11(14)10(6-4-2)12(15)8-9-13(16)17;1-2/h3-7H,2,8-9,14H2,1H3,(H,16,17);1-2H/b5-3-,10-6+,11-7+;. The van der Waals surface area contributed by atoms with E-state index < -0.39 is 5.97 Å². The quantitative estimate of drug-likeness (QED) is 0.418. The molecule has 0 aromatic heterocycles. The number of carboxylic acids is 1. The second-order valence-corrected chi connectivity index (χ2v) is 3.28. The molecular weight excluding hydrogens is 242 g/mol. The molecule has 0 aromatic rings. The van der Waals surface area contributed by atoms with Gasteiger partial charge in [0.15, 0.2) is 5.78 Å². The first-order chi connectivity index (χ1) is 9.02. The zero-order valence-corrected chi connectivity index (χ0v) is 11.0. The number of carboxylic acid groups (broad SMARTS) is 1. The van der Waals surface area contributed by atoms with Gasteiger partial charge in [-0.2, -0.15) is 0 Å². The molecule has 0 radical (unpaired) electrons. The third-order valence-electron chi connectivity index (χ3n) is 1.93. The van der Waals surface area contributed by atoms with Crippen LogP contribution in [-0.4, -0.2) is 16.9 Å². The highest BCUT2D eigenvalue weighted by atomic mass is 16.4. The number of hydrogen-bond acceptors (Lipinski definition) is 3. The van der Waals surface area contributed by atoms with E-state index in [2.05, 4.69) is 19.4 Å². The van der Waals surface area contributed by atoms with Crippen molar-refractivity contribution in [2.75, 3.05) is 0 Å². The molecule has 0 fully saturated rings. The number of ketones is 1. The summed E-state index contributed by atoms with van der Waals surface area (Å²) in [6, 6.07) is 0. The van der Waals surface area contributed by atoms with E-state index in [1.54, 1.807) is 18.2 Å². The lowest BCUT2D eigenvalue weighted by Crippen LogP contribution is -2.12. The average Bonchev–Trinajstić information content (AvgIpc) is 2.41. The Balaban J connectivity index is 0. The van der Waals surface area contributed by atoms with Crippen molar-refractivity contribution in [1.82, 2.24) is 0 Å². The summed E-state index contributed by atoms with van der Waals surface area (Å²) in [4.78, 5) is 22.1. The van der Waals surface area contributed by atoms with Crippen LogP contribution in [0.5, 0.6) is 0 Å². The number of Topliss-reactive ketones (excluding diaryl/α,β-unsaturated/α-hetero) is 1. The van der Waals surface area contributed by atoms with Crippen LogP contribution in [0.15, 0.2) is 48.2 Å². The Hall–Kier alpha value is -2.54. The number of allylic oxidation sites excluding steroid dienone is 6. The van der Waals surface area contributed by atoms with Crippen molar-refractivity contribution in [2.24, 2.45) is 5.73 Å². The van der Waals surface area contributed by atoms with Crippen LogP contribution in [0.2, 0.25) is 0 Å². The van der Waals surface area contributed by atoms with Crippen LogP contribution in [0.4, 0.5) is 0 Å². The van der Waals surface area contributed by atoms with Gasteiger partial charge in [-0.25, -0.2) is 0 Å². The largest absolute Gasteiger partial charge is 0.481 e. The summed E-state index contributed by atoms with van der Waals surface area (Å²) in [5.74, 6) is -1.31. The Morgan fingerprint density at radius 3 is 2.26 bits per heavy atom. The van der Waals surface area contributed by atoms with Gasteiger partial charge in [0.2, 0.25) is 0 Å². The molecule has 0 aliphatic carbocycles. The average molecular weight is 261 g/mol. The molecular formula is C15H19NO3. The van der Waals surface area contributed by atoms with Gasteiger partial charge in [-0.05, 0) is 19.1 Å². The van der Waals surface area contributed by atoms with Gasteiger partial charge < -0.3 is 10.8 Å². The van der Waals surface area contributed by atoms with E-state index in [1.165, 1.54) is 12.2 Å². The number of carbonyl (C=O) groups is 2. The first kappa shape index (κ1) is 18.8. The smallest absolute Gasteiger partial charge is 0.303 e. The lowest BCUT2D eigenvalue weighted by atomic mass is 10.0. The predicted octanol–water partition coefficient (Wildman–Crippen LogP) is 2.20. The third-order valence-corrected chi connectivity index (χ3v) is 1.93. The monoisotopic (exact) mass is 261 g/mol. The number of terminal acetylenes is 1. The van der Waals surface area contributed by atoms with Crippen LogP contribution in [0, 0.1) is 12.8 Å². The Morgan fingerprint density at radius 2 is 1.84 bits per heavy atom. The predicted molar refractivity (Wildman–Crippen MR) is 77.1 cm³/mol. The molecule has 0 bridgehead atoms. The summed E-state index contributed by atoms with van der Waals surface area (Å²) in [6.45, 7) is 5.32. The first-order valence-electron chi connectivity index (χ1n) is 5.52. The van der Waals surface area contributed by atoms with Crippen LogP contribution in [0.1, 0.15) is 19.8 Å². The minimum Gasteiger partial charge on any atom is -0.481 e. The second-order valence-electron chi connectivity index (χ2n) is 3.28. The van der Waals surface area contributed by atoms with Crippen molar-refractivity contribution in [3.05, 3.63) is 48.2 Å². The van der Waals surface area contributed by atoms with Crippen LogP contribution >= 0.6 is 0 Å². The molecule has 0 saturated carbocycles. The Bertz CT molecular complexity index is 426. The molecule has 102 valence electrons. The topological polar surface area (TPSA) is 80.4 Å². The van der Waals surface area contributed by atoms with Gasteiger partial charge in [-0.3, -0.25) is 9.59 Å². The van der Waals surface area contributed by atoms with E-state index in [9.17, 15) is 9.59 Å². The van der Waals surface area contributed by atoms with E-state index in [1.807, 2.05) is 6.92 Å². The van der Waals surface area contributed by atoms with Gasteiger partial charge in [0.05, 0.1) is 6.42 Å². The molecule has 0 aromatic carbocycles. The second kappa shape index (κ2) is 11.9. The highest BCUT2D eigenvalue weighted by Gasteiger charge is 2.12. The molecule has 0 saturated heterocycles. The van der Waals surface area contributed by atoms with Crippen LogP contribution < -0.4 is 5.73 Å². The molecule has 3 N–H and O–H groups in total. The molecule has 4 nitrogen and oxygen atoms in total. The minimum atomic E-state index is -1.01. The van der Waals surface area contributed by atoms with E-state index in [4.69, 9.17) is 10.8 Å². The maximum absolute atomic E-state index is 11.7. The van der Waals surface area contributed by atoms with Gasteiger partial charge in [0.25, 0.3) is 0 Å². The van der Waals surface area contributed by atoms with Crippen molar-refractivity contribution in [2.45, 2.75) is 19.8 Å². The minimum absolute atomic E-state index is 0.0701. The van der Waals surface area contributed by atoms with Gasteiger partial charge in [0.1, 0.15) is 0 Å². The van der Waals surface area contributed by atoms with Crippen LogP contribution in [0.25, 0.3) is 0 Å². The fourth-order valence-electron chi connectivity index (χ4n) is 1.11. The van der Waals surface area contributed by atoms with Crippen LogP contribution in [0.3, 0.4) is 0 Å². The molecule has 0 aliphatic rings. The summed E-state index contributed by atoms with van der Waals surface area (Å²) in [5, 5.41) is 8.51. The van der Waals surface area contributed by atoms with Crippen molar-refractivity contribution in [1.29, 1.82) is 0 Å². The number of hydrogen-bond donors (Lipinski definition) is 2. The van der Waals surface area contributed by atoms with Gasteiger partial charge >= 0.3 is 5.97 Å². The fourth-order valence-corrected chi connectivity index (χ4v) is 1.11. The van der Waals surface area contributed by atoms with Crippen molar-refractivity contribution in [3.63, 3.8) is 0 Å². The number of carbonyl (C=O) groups excluding carboxylic acids is 1. The highest BCUT2D eigenvalue weighted by molar-refractivity contribution is 6.00. The third kappa shape index (κ3) is 9.19. The molecule has 19 heavy (non-hydrogen) atoms. The number of nitrogens with two attached hydrogens (primary N) is 1. The van der Waals surface area contributed by atoms with Crippen LogP contribution in [-0.2, 0) is 9.59 Å². The summed E-state index contributed by atoms with van der Waals surface area (Å²) in [5.41, 5.74) is 6.32. The Kier molecular flexibility index (Phi) is 11.8. The van der Waals surface area contributed by atoms with E-state index in [-0.39, 0.29) is 18.6 Å². The summed E-state index contributed by atoms with van der Waals surface area (Å²) in [6.07, 6.45) is 15.7. The summed E-state index contributed by atoms with van der Waals surface area (Å²) >= 11 is 0. The van der Waals surface area contributed by atoms with Crippen molar-refractivity contribution in [3.8, 4) is 12.8 Å². The maximum atomic E-state index is 11.7. The van der Waals surface area contributed by atoms with Crippen molar-refractivity contribution >= 4 is 11.8 Å². The molecule has 0 unspecified atom stereocenters. The van der Waals surface area contributed by atoms with E-state index >= 15 is 0 Å². The zero-order valence-electron chi connectivity index (χ0n) is 11.0. The molecule has 0 aliphatic heterocycles. The van der Waals surface area contributed by atoms with E-state index in [0.717, 1.165) is 0 Å². The number of aliphatic carboxylic acids is 1. The Morgan fingerprint density at radius 1 is 1.26 bits per heavy atom. The SMILES string of the molecule is C#C.C=C\C=C(C(=O)CCC(=O)O)/C(N)=C\C=C/C. The lowest BCUT2D eigenvalue weighted by Gasteiger charge is -2.04. The Labute approximate surface area is 114 Å². The van der Waals surface area contributed by atoms with E-state index in [0.29, 0.717) is 11.3 Å². The van der Waals surface area contributed by atoms with Gasteiger partial charge in [0, 0.05) is 17.7 Å². The molecule has 0 spiro atoms. The molecule has 0 amide bonds. The number of rotatable bonds is 7. The zero-order chi connectivity index (χ0) is 15.3. The van der Waals surface area contributed by atoms with Gasteiger partial charge in [-0.15, -0.1) is 12.8 Å². The molecule has 0 atom stereocenters. The van der Waals surface area contributed by atoms with Crippen molar-refractivity contribution < 1.29 is 14.7 Å². The summed E-state index contributed by atoms with van der Waals surface area (Å²) < 4.78 is 0. The maximum Gasteiger partial charge on any atom is 0.303 e. The first-order valence-corrected chi connectivity index (χ1v) is 5.52. The lowest BCUT2D eigenvalue weighted by molar-refractivity contribution is -0.138.